The van der Waals surface area contributed by atoms with Gasteiger partial charge in [0, 0.05) is 25.7 Å². The number of amides is 1. The van der Waals surface area contributed by atoms with Gasteiger partial charge in [-0.05, 0) is 30.5 Å². The van der Waals surface area contributed by atoms with Crippen LogP contribution in [-0.4, -0.2) is 45.4 Å². The van der Waals surface area contributed by atoms with Gasteiger partial charge >= 0.3 is 0 Å². The SMILES string of the molecule is COc1ccc(CN2CCn3nc(C(=O)NC4CC4)cc3C2)c(Cl)c1O. The van der Waals surface area contributed by atoms with E-state index in [9.17, 15) is 9.90 Å². The summed E-state index contributed by atoms with van der Waals surface area (Å²) in [6, 6.07) is 5.76. The number of carbonyl (C=O) groups excluding carboxylic acids is 1. The minimum absolute atomic E-state index is 0.0345. The van der Waals surface area contributed by atoms with Gasteiger partial charge in [-0.25, -0.2) is 0 Å². The van der Waals surface area contributed by atoms with Gasteiger partial charge in [0.1, 0.15) is 0 Å². The van der Waals surface area contributed by atoms with Crippen molar-refractivity contribution in [1.82, 2.24) is 20.0 Å². The first kappa shape index (κ1) is 17.2. The van der Waals surface area contributed by atoms with Crippen LogP contribution in [0.25, 0.3) is 0 Å². The van der Waals surface area contributed by atoms with Crippen LogP contribution >= 0.6 is 11.6 Å². The lowest BCUT2D eigenvalue weighted by atomic mass is 10.1. The molecule has 7 nitrogen and oxygen atoms in total. The van der Waals surface area contributed by atoms with Crippen LogP contribution in [0.5, 0.6) is 11.5 Å². The number of hydrogen-bond donors (Lipinski definition) is 2. The zero-order chi connectivity index (χ0) is 18.3. The summed E-state index contributed by atoms with van der Waals surface area (Å²) >= 11 is 6.27. The van der Waals surface area contributed by atoms with Gasteiger partial charge in [-0.15, -0.1) is 0 Å². The van der Waals surface area contributed by atoms with Crippen LogP contribution in [0.3, 0.4) is 0 Å². The molecule has 2 aliphatic rings. The molecule has 2 N–H and O–H groups in total. The Kier molecular flexibility index (Phi) is 4.50. The van der Waals surface area contributed by atoms with E-state index in [-0.39, 0.29) is 11.7 Å². The fourth-order valence-corrected chi connectivity index (χ4v) is 3.39. The summed E-state index contributed by atoms with van der Waals surface area (Å²) < 4.78 is 6.97. The number of aromatic hydroxyl groups is 1. The first-order chi connectivity index (χ1) is 12.5. The minimum atomic E-state index is -0.0935. The Morgan fingerprint density at radius 3 is 2.96 bits per heavy atom. The number of halogens is 1. The van der Waals surface area contributed by atoms with Gasteiger partial charge in [0.05, 0.1) is 24.4 Å². The Morgan fingerprint density at radius 2 is 2.23 bits per heavy atom. The zero-order valence-corrected chi connectivity index (χ0v) is 15.3. The number of nitrogens with zero attached hydrogens (tertiary/aromatic N) is 3. The molecule has 1 aliphatic heterocycles. The quantitative estimate of drug-likeness (QED) is 0.836. The number of fused-ring (bicyclic) bond motifs is 1. The molecular weight excluding hydrogens is 356 g/mol. The summed E-state index contributed by atoms with van der Waals surface area (Å²) in [7, 11) is 1.49. The Bertz CT molecular complexity index is 847. The molecule has 0 unspecified atom stereocenters. The Labute approximate surface area is 156 Å². The van der Waals surface area contributed by atoms with Gasteiger partial charge in [0.25, 0.3) is 5.91 Å². The van der Waals surface area contributed by atoms with Crippen molar-refractivity contribution in [3.63, 3.8) is 0 Å². The van der Waals surface area contributed by atoms with Crippen molar-refractivity contribution in [3.8, 4) is 11.5 Å². The first-order valence-corrected chi connectivity index (χ1v) is 9.07. The van der Waals surface area contributed by atoms with E-state index < -0.39 is 0 Å². The van der Waals surface area contributed by atoms with E-state index in [4.69, 9.17) is 16.3 Å². The molecule has 1 aromatic carbocycles. The standard InChI is InChI=1S/C18H21ClN4O3/c1-26-15-5-2-11(16(19)17(15)24)9-22-6-7-23-13(10-22)8-14(21-23)18(25)20-12-3-4-12/h2,5,8,12,24H,3-4,6-7,9-10H2,1H3,(H,20,25). The fourth-order valence-electron chi connectivity index (χ4n) is 3.17. The maximum atomic E-state index is 12.2. The largest absolute Gasteiger partial charge is 0.503 e. The van der Waals surface area contributed by atoms with Crippen LogP contribution in [0.4, 0.5) is 0 Å². The van der Waals surface area contributed by atoms with Crippen molar-refractivity contribution in [2.75, 3.05) is 13.7 Å². The van der Waals surface area contributed by atoms with Crippen LogP contribution in [0, 0.1) is 0 Å². The average molecular weight is 377 g/mol. The van der Waals surface area contributed by atoms with Gasteiger partial charge in [-0.2, -0.15) is 5.10 Å². The third-order valence-electron chi connectivity index (χ3n) is 4.80. The highest BCUT2D eigenvalue weighted by molar-refractivity contribution is 6.33. The monoisotopic (exact) mass is 376 g/mol. The maximum Gasteiger partial charge on any atom is 0.272 e. The van der Waals surface area contributed by atoms with E-state index in [1.54, 1.807) is 6.07 Å². The van der Waals surface area contributed by atoms with Crippen LogP contribution < -0.4 is 10.1 Å². The molecule has 138 valence electrons. The number of benzene rings is 1. The highest BCUT2D eigenvalue weighted by Gasteiger charge is 2.27. The van der Waals surface area contributed by atoms with Crippen LogP contribution in [0.2, 0.25) is 5.02 Å². The smallest absolute Gasteiger partial charge is 0.272 e. The van der Waals surface area contributed by atoms with Crippen LogP contribution in [0.1, 0.15) is 34.6 Å². The van der Waals surface area contributed by atoms with E-state index in [0.29, 0.717) is 42.1 Å². The van der Waals surface area contributed by atoms with Crippen molar-refractivity contribution in [1.29, 1.82) is 0 Å². The van der Waals surface area contributed by atoms with E-state index in [0.717, 1.165) is 30.6 Å². The molecule has 0 atom stereocenters. The normalized spacial score (nSPS) is 17.0. The lowest BCUT2D eigenvalue weighted by Gasteiger charge is -2.28. The molecular formula is C18H21ClN4O3. The molecule has 4 rings (SSSR count). The Morgan fingerprint density at radius 1 is 1.42 bits per heavy atom. The van der Waals surface area contributed by atoms with Gasteiger partial charge < -0.3 is 15.2 Å². The summed E-state index contributed by atoms with van der Waals surface area (Å²) in [6.07, 6.45) is 2.12. The van der Waals surface area contributed by atoms with Gasteiger partial charge in [-0.3, -0.25) is 14.4 Å². The van der Waals surface area contributed by atoms with Crippen molar-refractivity contribution in [2.24, 2.45) is 0 Å². The van der Waals surface area contributed by atoms with Crippen LogP contribution in [-0.2, 0) is 19.6 Å². The third kappa shape index (κ3) is 3.37. The number of aromatic nitrogens is 2. The number of nitrogens with one attached hydrogen (secondary N) is 1. The molecule has 0 saturated heterocycles. The second-order valence-electron chi connectivity index (χ2n) is 6.79. The number of hydrogen-bond acceptors (Lipinski definition) is 5. The molecule has 1 amide bonds. The average Bonchev–Trinajstić information content (AvgIpc) is 3.34. The molecule has 1 aliphatic carbocycles. The predicted octanol–water partition coefficient (Wildman–Crippen LogP) is 2.16. The first-order valence-electron chi connectivity index (χ1n) is 8.69. The van der Waals surface area contributed by atoms with E-state index in [2.05, 4.69) is 15.3 Å². The zero-order valence-electron chi connectivity index (χ0n) is 14.5. The van der Waals surface area contributed by atoms with Gasteiger partial charge in [-0.1, -0.05) is 17.7 Å². The molecule has 2 aromatic rings. The molecule has 26 heavy (non-hydrogen) atoms. The second-order valence-corrected chi connectivity index (χ2v) is 7.17. The number of methoxy groups -OCH3 is 1. The molecule has 1 fully saturated rings. The second kappa shape index (κ2) is 6.81. The number of phenols is 1. The molecule has 8 heteroatoms. The van der Waals surface area contributed by atoms with Crippen LogP contribution in [0.15, 0.2) is 18.2 Å². The van der Waals surface area contributed by atoms with Crippen molar-refractivity contribution in [3.05, 3.63) is 40.2 Å². The molecule has 2 heterocycles. The number of rotatable bonds is 5. The predicted molar refractivity (Wildman–Crippen MR) is 96.5 cm³/mol. The summed E-state index contributed by atoms with van der Waals surface area (Å²) in [5.41, 5.74) is 2.32. The molecule has 0 radical (unpaired) electrons. The molecule has 1 saturated carbocycles. The highest BCUT2D eigenvalue weighted by Crippen LogP contribution is 2.37. The number of phenolic OH excluding ortho intramolecular Hbond substituents is 1. The van der Waals surface area contributed by atoms with E-state index in [1.807, 2.05) is 16.8 Å². The van der Waals surface area contributed by atoms with Crippen molar-refractivity contribution < 1.29 is 14.6 Å². The van der Waals surface area contributed by atoms with E-state index in [1.165, 1.54) is 7.11 Å². The van der Waals surface area contributed by atoms with Crippen molar-refractivity contribution >= 4 is 17.5 Å². The lowest BCUT2D eigenvalue weighted by Crippen LogP contribution is -2.33. The Balaban J connectivity index is 1.46. The fraction of sp³-hybridized carbons (Fsp3) is 0.444. The van der Waals surface area contributed by atoms with Gasteiger partial charge in [0.2, 0.25) is 0 Å². The van der Waals surface area contributed by atoms with Crippen molar-refractivity contribution in [2.45, 2.75) is 38.5 Å². The molecule has 0 spiro atoms. The van der Waals surface area contributed by atoms with Gasteiger partial charge in [0.15, 0.2) is 17.2 Å². The number of carbonyl (C=O) groups is 1. The number of ether oxygens (including phenoxy) is 1. The lowest BCUT2D eigenvalue weighted by molar-refractivity contribution is 0.0945. The summed E-state index contributed by atoms with van der Waals surface area (Å²) in [4.78, 5) is 14.4. The summed E-state index contributed by atoms with van der Waals surface area (Å²) in [6.45, 7) is 2.78. The molecule has 0 bridgehead atoms. The summed E-state index contributed by atoms with van der Waals surface area (Å²) in [5, 5.41) is 17.8. The topological polar surface area (TPSA) is 79.6 Å². The third-order valence-corrected chi connectivity index (χ3v) is 5.22. The molecule has 1 aromatic heterocycles. The highest BCUT2D eigenvalue weighted by atomic mass is 35.5. The maximum absolute atomic E-state index is 12.2. The van der Waals surface area contributed by atoms with E-state index >= 15 is 0 Å². The minimum Gasteiger partial charge on any atom is -0.503 e. The summed E-state index contributed by atoms with van der Waals surface area (Å²) in [5.74, 6) is 0.235. The Hall–Kier alpha value is -2.25.